The van der Waals surface area contributed by atoms with Gasteiger partial charge in [0.15, 0.2) is 0 Å². The molecular weight excluding hydrogens is 254 g/mol. The molecule has 0 radical (unpaired) electrons. The molecule has 1 amide bonds. The molecule has 1 aliphatic carbocycles. The summed E-state index contributed by atoms with van der Waals surface area (Å²) in [7, 11) is 0. The van der Waals surface area contributed by atoms with E-state index in [9.17, 15) is 9.90 Å². The minimum Gasteiger partial charge on any atom is -0.394 e. The van der Waals surface area contributed by atoms with Gasteiger partial charge in [0.1, 0.15) is 6.04 Å². The molecule has 0 aromatic carbocycles. The number of nitrogens with zero attached hydrogens (tertiary/aromatic N) is 2. The first-order valence-electron chi connectivity index (χ1n) is 7.35. The zero-order valence-corrected chi connectivity index (χ0v) is 11.8. The van der Waals surface area contributed by atoms with Crippen molar-refractivity contribution in [1.29, 1.82) is 5.26 Å². The van der Waals surface area contributed by atoms with Gasteiger partial charge in [0.2, 0.25) is 5.91 Å². The number of carbonyl (C=O) groups is 1. The third-order valence-electron chi connectivity index (χ3n) is 4.62. The Morgan fingerprint density at radius 2 is 2.20 bits per heavy atom. The van der Waals surface area contributed by atoms with E-state index < -0.39 is 0 Å². The molecule has 2 fully saturated rings. The average Bonchev–Trinajstić information content (AvgIpc) is 3.11. The van der Waals surface area contributed by atoms with Crippen LogP contribution in [0.5, 0.6) is 0 Å². The highest BCUT2D eigenvalue weighted by atomic mass is 16.3. The minimum atomic E-state index is -0.346. The molecule has 1 aliphatic heterocycles. The van der Waals surface area contributed by atoms with Crippen molar-refractivity contribution in [1.82, 2.24) is 10.2 Å². The van der Waals surface area contributed by atoms with E-state index in [0.29, 0.717) is 6.42 Å². The number of rotatable bonds is 5. The van der Waals surface area contributed by atoms with E-state index in [1.54, 1.807) is 11.0 Å². The number of nitrogens with one attached hydrogen (secondary N) is 1. The fourth-order valence-electron chi connectivity index (χ4n) is 3.35. The summed E-state index contributed by atoms with van der Waals surface area (Å²) in [6, 6.07) is 1.81. The molecule has 110 valence electrons. The number of amides is 1. The maximum atomic E-state index is 12.4. The van der Waals surface area contributed by atoms with Crippen LogP contribution in [0.4, 0.5) is 0 Å². The van der Waals surface area contributed by atoms with Crippen molar-refractivity contribution in [2.24, 2.45) is 0 Å². The molecule has 2 atom stereocenters. The van der Waals surface area contributed by atoms with Crippen LogP contribution in [0.3, 0.4) is 0 Å². The van der Waals surface area contributed by atoms with Gasteiger partial charge in [0.25, 0.3) is 0 Å². The van der Waals surface area contributed by atoms with Gasteiger partial charge >= 0.3 is 0 Å². The van der Waals surface area contributed by atoms with Crippen molar-refractivity contribution in [3.63, 3.8) is 0 Å². The first-order valence-corrected chi connectivity index (χ1v) is 7.35. The van der Waals surface area contributed by atoms with Gasteiger partial charge in [0, 0.05) is 5.54 Å². The molecule has 20 heavy (non-hydrogen) atoms. The molecule has 0 aromatic heterocycles. The van der Waals surface area contributed by atoms with E-state index in [2.05, 4.69) is 18.0 Å². The summed E-state index contributed by atoms with van der Waals surface area (Å²) in [6.45, 7) is 3.99. The van der Waals surface area contributed by atoms with Crippen molar-refractivity contribution in [3.8, 4) is 6.07 Å². The minimum absolute atomic E-state index is 0.0393. The molecule has 5 heteroatoms. The van der Waals surface area contributed by atoms with Crippen LogP contribution in [-0.2, 0) is 4.79 Å². The standard InChI is InChI=1S/C15H23N3O2/c1-2-12-5-6-13(9-16)18(12)14(20)10-17-15(11-19)7-3-4-8-15/h2,12-13,17,19H,1,3-8,10-11H2. The van der Waals surface area contributed by atoms with Crippen molar-refractivity contribution in [2.75, 3.05) is 13.2 Å². The Kier molecular flexibility index (Phi) is 4.79. The molecule has 0 spiro atoms. The Balaban J connectivity index is 1.96. The third-order valence-corrected chi connectivity index (χ3v) is 4.62. The Labute approximate surface area is 120 Å². The number of aliphatic hydroxyl groups excluding tert-OH is 1. The Hall–Kier alpha value is -1.38. The summed E-state index contributed by atoms with van der Waals surface area (Å²) >= 11 is 0. The van der Waals surface area contributed by atoms with E-state index in [-0.39, 0.29) is 36.7 Å². The molecule has 1 heterocycles. The lowest BCUT2D eigenvalue weighted by Gasteiger charge is -2.31. The molecule has 2 rings (SSSR count). The topological polar surface area (TPSA) is 76.4 Å². The Morgan fingerprint density at radius 3 is 2.75 bits per heavy atom. The molecule has 1 saturated heterocycles. The highest BCUT2D eigenvalue weighted by molar-refractivity contribution is 5.80. The van der Waals surface area contributed by atoms with Crippen LogP contribution in [0.15, 0.2) is 12.7 Å². The van der Waals surface area contributed by atoms with E-state index in [1.807, 2.05) is 0 Å². The molecule has 2 aliphatic rings. The van der Waals surface area contributed by atoms with Crippen LogP contribution < -0.4 is 5.32 Å². The van der Waals surface area contributed by atoms with Crippen LogP contribution >= 0.6 is 0 Å². The molecule has 1 saturated carbocycles. The van der Waals surface area contributed by atoms with E-state index in [1.165, 1.54) is 0 Å². The van der Waals surface area contributed by atoms with Crippen LogP contribution in [0.2, 0.25) is 0 Å². The normalized spacial score (nSPS) is 28.3. The second kappa shape index (κ2) is 6.38. The van der Waals surface area contributed by atoms with Crippen molar-refractivity contribution < 1.29 is 9.90 Å². The first-order chi connectivity index (χ1) is 9.65. The van der Waals surface area contributed by atoms with Gasteiger partial charge in [0.05, 0.1) is 25.3 Å². The monoisotopic (exact) mass is 277 g/mol. The van der Waals surface area contributed by atoms with Crippen LogP contribution in [-0.4, -0.2) is 46.7 Å². The van der Waals surface area contributed by atoms with Gasteiger partial charge in [-0.25, -0.2) is 0 Å². The summed E-state index contributed by atoms with van der Waals surface area (Å²) in [6.07, 6.45) is 7.24. The number of hydrogen-bond acceptors (Lipinski definition) is 4. The van der Waals surface area contributed by atoms with E-state index in [0.717, 1.165) is 32.1 Å². The lowest BCUT2D eigenvalue weighted by molar-refractivity contribution is -0.131. The van der Waals surface area contributed by atoms with Gasteiger partial charge in [-0.2, -0.15) is 5.26 Å². The van der Waals surface area contributed by atoms with Crippen LogP contribution in [0, 0.1) is 11.3 Å². The van der Waals surface area contributed by atoms with Crippen molar-refractivity contribution in [3.05, 3.63) is 12.7 Å². The molecule has 0 aromatic rings. The Bertz CT molecular complexity index is 410. The van der Waals surface area contributed by atoms with Crippen molar-refractivity contribution in [2.45, 2.75) is 56.1 Å². The first kappa shape index (κ1) is 15.0. The predicted molar refractivity (Wildman–Crippen MR) is 75.8 cm³/mol. The smallest absolute Gasteiger partial charge is 0.238 e. The molecular formula is C15H23N3O2. The fourth-order valence-corrected chi connectivity index (χ4v) is 3.35. The highest BCUT2D eigenvalue weighted by Crippen LogP contribution is 2.29. The SMILES string of the molecule is C=CC1CCC(C#N)N1C(=O)CNC1(CO)CCCC1. The summed E-state index contributed by atoms with van der Waals surface area (Å²) in [5.74, 6) is -0.0707. The van der Waals surface area contributed by atoms with Crippen LogP contribution in [0.1, 0.15) is 38.5 Å². The molecule has 5 nitrogen and oxygen atoms in total. The largest absolute Gasteiger partial charge is 0.394 e. The van der Waals surface area contributed by atoms with Crippen LogP contribution in [0.25, 0.3) is 0 Å². The lowest BCUT2D eigenvalue weighted by Crippen LogP contribution is -2.52. The van der Waals surface area contributed by atoms with Gasteiger partial charge in [-0.1, -0.05) is 18.9 Å². The van der Waals surface area contributed by atoms with Gasteiger partial charge in [-0.05, 0) is 25.7 Å². The summed E-state index contributed by atoms with van der Waals surface area (Å²) in [5, 5.41) is 21.9. The predicted octanol–water partition coefficient (Wildman–Crippen LogP) is 0.950. The third kappa shape index (κ3) is 2.87. The van der Waals surface area contributed by atoms with E-state index >= 15 is 0 Å². The maximum absolute atomic E-state index is 12.4. The number of likely N-dealkylation sites (tertiary alicyclic amines) is 1. The number of nitriles is 1. The maximum Gasteiger partial charge on any atom is 0.238 e. The molecule has 2 N–H and O–H groups in total. The number of aliphatic hydroxyl groups is 1. The van der Waals surface area contributed by atoms with E-state index in [4.69, 9.17) is 5.26 Å². The van der Waals surface area contributed by atoms with Gasteiger partial charge in [-0.15, -0.1) is 6.58 Å². The zero-order valence-electron chi connectivity index (χ0n) is 11.8. The quantitative estimate of drug-likeness (QED) is 0.734. The summed E-state index contributed by atoms with van der Waals surface area (Å²) < 4.78 is 0. The number of carbonyl (C=O) groups excluding carboxylic acids is 1. The summed E-state index contributed by atoms with van der Waals surface area (Å²) in [4.78, 5) is 14.0. The van der Waals surface area contributed by atoms with Crippen molar-refractivity contribution >= 4 is 5.91 Å². The lowest BCUT2D eigenvalue weighted by atomic mass is 9.99. The molecule has 2 unspecified atom stereocenters. The van der Waals surface area contributed by atoms with Gasteiger partial charge in [-0.3, -0.25) is 4.79 Å². The Morgan fingerprint density at radius 1 is 1.50 bits per heavy atom. The molecule has 0 bridgehead atoms. The fraction of sp³-hybridized carbons (Fsp3) is 0.733. The summed E-state index contributed by atoms with van der Waals surface area (Å²) in [5.41, 5.74) is -0.304. The van der Waals surface area contributed by atoms with Gasteiger partial charge < -0.3 is 15.3 Å². The number of hydrogen-bond donors (Lipinski definition) is 2. The average molecular weight is 277 g/mol. The second-order valence-electron chi connectivity index (χ2n) is 5.83. The highest BCUT2D eigenvalue weighted by Gasteiger charge is 2.37. The zero-order chi connectivity index (χ0) is 14.6. The second-order valence-corrected chi connectivity index (χ2v) is 5.83.